The van der Waals surface area contributed by atoms with E-state index in [0.717, 1.165) is 32.1 Å². The molecule has 2 aromatic heterocycles. The molecule has 5 heteroatoms. The molecule has 0 radical (unpaired) electrons. The fourth-order valence-corrected chi connectivity index (χ4v) is 4.30. The van der Waals surface area contributed by atoms with Gasteiger partial charge in [-0.1, -0.05) is 41.7 Å². The van der Waals surface area contributed by atoms with Crippen LogP contribution in [-0.4, -0.2) is 27.3 Å². The van der Waals surface area contributed by atoms with Gasteiger partial charge >= 0.3 is 0 Å². The third-order valence-corrected chi connectivity index (χ3v) is 6.00. The first-order valence-electron chi connectivity index (χ1n) is 8.27. The first kappa shape index (κ1) is 16.0. The zero-order valence-corrected chi connectivity index (χ0v) is 15.3. The van der Waals surface area contributed by atoms with Gasteiger partial charge in [0.15, 0.2) is 0 Å². The van der Waals surface area contributed by atoms with Crippen molar-refractivity contribution in [3.8, 4) is 0 Å². The molecule has 3 heterocycles. The molecule has 1 amide bonds. The zero-order valence-electron chi connectivity index (χ0n) is 14.5. The molecule has 0 unspecified atom stereocenters. The summed E-state index contributed by atoms with van der Waals surface area (Å²) in [7, 11) is 0. The van der Waals surface area contributed by atoms with Crippen molar-refractivity contribution in [3.05, 3.63) is 64.8 Å². The fourth-order valence-electron chi connectivity index (χ4n) is 3.28. The maximum atomic E-state index is 13.2. The SMILES string of the molecule is CC1=C(c2ccccc2)C(=O)N(C(C)(C)c2nc3cccnc3s2)C1. The molecule has 0 aliphatic carbocycles. The van der Waals surface area contributed by atoms with Gasteiger partial charge in [0.05, 0.1) is 5.54 Å². The van der Waals surface area contributed by atoms with Crippen molar-refractivity contribution >= 4 is 33.2 Å². The van der Waals surface area contributed by atoms with E-state index in [1.165, 1.54) is 0 Å². The number of carbonyl (C=O) groups excluding carboxylic acids is 1. The molecule has 0 bridgehead atoms. The molecule has 4 nitrogen and oxygen atoms in total. The van der Waals surface area contributed by atoms with Crippen molar-refractivity contribution < 1.29 is 4.79 Å². The molecule has 0 fully saturated rings. The molecule has 4 rings (SSSR count). The number of nitrogens with zero attached hydrogens (tertiary/aromatic N) is 3. The molecule has 0 saturated heterocycles. The summed E-state index contributed by atoms with van der Waals surface area (Å²) in [4.78, 5) is 25.1. The molecule has 0 saturated carbocycles. The van der Waals surface area contributed by atoms with Crippen molar-refractivity contribution in [1.29, 1.82) is 0 Å². The van der Waals surface area contributed by atoms with Crippen LogP contribution >= 0.6 is 11.3 Å². The summed E-state index contributed by atoms with van der Waals surface area (Å²) in [6, 6.07) is 13.7. The Kier molecular flexibility index (Phi) is 3.69. The number of rotatable bonds is 3. The molecule has 3 aromatic rings. The molecular formula is C20H19N3OS. The maximum absolute atomic E-state index is 13.2. The van der Waals surface area contributed by atoms with Crippen LogP contribution in [0.4, 0.5) is 0 Å². The lowest BCUT2D eigenvalue weighted by Gasteiger charge is -2.34. The first-order valence-corrected chi connectivity index (χ1v) is 9.09. The normalized spacial score (nSPS) is 15.5. The number of benzene rings is 1. The Labute approximate surface area is 150 Å². The van der Waals surface area contributed by atoms with Gasteiger partial charge in [-0.2, -0.15) is 0 Å². The summed E-state index contributed by atoms with van der Waals surface area (Å²) in [6.45, 7) is 6.78. The summed E-state index contributed by atoms with van der Waals surface area (Å²) in [5.74, 6) is 0.0703. The van der Waals surface area contributed by atoms with Crippen LogP contribution in [0.15, 0.2) is 54.2 Å². The largest absolute Gasteiger partial charge is 0.323 e. The van der Waals surface area contributed by atoms with Gasteiger partial charge in [-0.05, 0) is 44.0 Å². The third-order valence-electron chi connectivity index (χ3n) is 4.71. The summed E-state index contributed by atoms with van der Waals surface area (Å²) in [5.41, 5.74) is 3.29. The fraction of sp³-hybridized carbons (Fsp3) is 0.250. The van der Waals surface area contributed by atoms with E-state index in [1.807, 2.05) is 54.3 Å². The van der Waals surface area contributed by atoms with E-state index in [0.29, 0.717) is 6.54 Å². The highest BCUT2D eigenvalue weighted by Gasteiger charge is 2.41. The van der Waals surface area contributed by atoms with Crippen molar-refractivity contribution in [2.45, 2.75) is 26.3 Å². The predicted octanol–water partition coefficient (Wildman–Crippen LogP) is 4.24. The van der Waals surface area contributed by atoms with Crippen LogP contribution in [-0.2, 0) is 10.3 Å². The lowest BCUT2D eigenvalue weighted by Crippen LogP contribution is -2.43. The Hall–Kier alpha value is -2.53. The molecule has 1 aliphatic rings. The van der Waals surface area contributed by atoms with Gasteiger partial charge < -0.3 is 4.90 Å². The van der Waals surface area contributed by atoms with E-state index >= 15 is 0 Å². The second-order valence-electron chi connectivity index (χ2n) is 6.82. The van der Waals surface area contributed by atoms with Gasteiger partial charge in [-0.15, -0.1) is 0 Å². The van der Waals surface area contributed by atoms with Gasteiger partial charge in [0, 0.05) is 18.3 Å². The number of carbonyl (C=O) groups is 1. The number of fused-ring (bicyclic) bond motifs is 1. The Balaban J connectivity index is 1.71. The Morgan fingerprint density at radius 2 is 1.88 bits per heavy atom. The van der Waals surface area contributed by atoms with Crippen molar-refractivity contribution in [1.82, 2.24) is 14.9 Å². The number of hydrogen-bond acceptors (Lipinski definition) is 4. The van der Waals surface area contributed by atoms with Crippen LogP contribution in [0, 0.1) is 0 Å². The van der Waals surface area contributed by atoms with Gasteiger partial charge in [0.1, 0.15) is 15.4 Å². The zero-order chi connectivity index (χ0) is 17.6. The summed E-state index contributed by atoms with van der Waals surface area (Å²) in [6.07, 6.45) is 1.78. The average molecular weight is 349 g/mol. The van der Waals surface area contributed by atoms with Crippen molar-refractivity contribution in [2.75, 3.05) is 6.54 Å². The summed E-state index contributed by atoms with van der Waals surface area (Å²) >= 11 is 1.56. The Morgan fingerprint density at radius 1 is 1.12 bits per heavy atom. The second kappa shape index (κ2) is 5.77. The topological polar surface area (TPSA) is 46.1 Å². The molecule has 0 spiro atoms. The van der Waals surface area contributed by atoms with Crippen LogP contribution in [0.2, 0.25) is 0 Å². The molecular weight excluding hydrogens is 330 g/mol. The van der Waals surface area contributed by atoms with E-state index in [9.17, 15) is 4.79 Å². The highest BCUT2D eigenvalue weighted by atomic mass is 32.1. The van der Waals surface area contributed by atoms with Crippen LogP contribution in [0.1, 0.15) is 31.3 Å². The molecule has 1 aromatic carbocycles. The maximum Gasteiger partial charge on any atom is 0.255 e. The van der Waals surface area contributed by atoms with E-state index in [4.69, 9.17) is 4.98 Å². The Morgan fingerprint density at radius 3 is 2.60 bits per heavy atom. The van der Waals surface area contributed by atoms with Crippen LogP contribution in [0.25, 0.3) is 15.9 Å². The lowest BCUT2D eigenvalue weighted by atomic mass is 10.0. The van der Waals surface area contributed by atoms with Gasteiger partial charge in [-0.25, -0.2) is 9.97 Å². The minimum Gasteiger partial charge on any atom is -0.323 e. The molecule has 0 atom stereocenters. The summed E-state index contributed by atoms with van der Waals surface area (Å²) < 4.78 is 0. The predicted molar refractivity (Wildman–Crippen MR) is 101 cm³/mol. The standard InChI is InChI=1S/C20H19N3OS/c1-13-12-23(18(24)16(13)14-8-5-4-6-9-14)20(2,3)19-22-15-10-7-11-21-17(15)25-19/h4-11H,12H2,1-3H3. The number of thiazole rings is 1. The van der Waals surface area contributed by atoms with Gasteiger partial charge in [0.25, 0.3) is 5.91 Å². The Bertz CT molecular complexity index is 955. The minimum atomic E-state index is -0.486. The molecule has 126 valence electrons. The number of pyridine rings is 1. The van der Waals surface area contributed by atoms with Crippen molar-refractivity contribution in [3.63, 3.8) is 0 Å². The minimum absolute atomic E-state index is 0.0703. The lowest BCUT2D eigenvalue weighted by molar-refractivity contribution is -0.128. The summed E-state index contributed by atoms with van der Waals surface area (Å²) in [5, 5.41) is 0.914. The van der Waals surface area contributed by atoms with Gasteiger partial charge in [-0.3, -0.25) is 4.79 Å². The monoisotopic (exact) mass is 349 g/mol. The molecule has 0 N–H and O–H groups in total. The van der Waals surface area contributed by atoms with Crippen molar-refractivity contribution in [2.24, 2.45) is 0 Å². The van der Waals surface area contributed by atoms with Crippen LogP contribution in [0.3, 0.4) is 0 Å². The average Bonchev–Trinajstić information content (AvgIpc) is 3.17. The van der Waals surface area contributed by atoms with Crippen LogP contribution < -0.4 is 0 Å². The second-order valence-corrected chi connectivity index (χ2v) is 7.80. The quantitative estimate of drug-likeness (QED) is 0.710. The first-order chi connectivity index (χ1) is 12.0. The molecule has 25 heavy (non-hydrogen) atoms. The third kappa shape index (κ3) is 2.55. The van der Waals surface area contributed by atoms with E-state index in [1.54, 1.807) is 17.5 Å². The number of amides is 1. The number of aromatic nitrogens is 2. The highest BCUT2D eigenvalue weighted by molar-refractivity contribution is 7.18. The van der Waals surface area contributed by atoms with Gasteiger partial charge in [0.2, 0.25) is 0 Å². The van der Waals surface area contributed by atoms with E-state index < -0.39 is 5.54 Å². The van der Waals surface area contributed by atoms with E-state index in [2.05, 4.69) is 18.8 Å². The smallest absolute Gasteiger partial charge is 0.255 e. The highest BCUT2D eigenvalue weighted by Crippen LogP contribution is 2.39. The number of hydrogen-bond donors (Lipinski definition) is 0. The van der Waals surface area contributed by atoms with E-state index in [-0.39, 0.29) is 5.91 Å². The molecule has 1 aliphatic heterocycles. The van der Waals surface area contributed by atoms with Crippen LogP contribution in [0.5, 0.6) is 0 Å².